The van der Waals surface area contributed by atoms with Crippen LogP contribution in [0.5, 0.6) is 5.75 Å². The molecule has 0 fully saturated rings. The molecular formula is C16H12N4O5. The third kappa shape index (κ3) is 3.11. The zero-order valence-corrected chi connectivity index (χ0v) is 12.6. The van der Waals surface area contributed by atoms with E-state index >= 15 is 0 Å². The highest BCUT2D eigenvalue weighted by molar-refractivity contribution is 6.07. The standard InChI is InChI=1S/C16H12N4O5/c21-14-7-9(5-6-13(14)20(24)25)15(22)18-19-16(23)11-8-17-12-4-2-1-3-10(11)12/h1-8,17,21H,(H,18,22)(H,19,23). The third-order valence-electron chi connectivity index (χ3n) is 3.56. The van der Waals surface area contributed by atoms with Crippen LogP contribution in [-0.4, -0.2) is 26.8 Å². The second-order valence-corrected chi connectivity index (χ2v) is 5.12. The van der Waals surface area contributed by atoms with Crippen molar-refractivity contribution in [1.29, 1.82) is 0 Å². The van der Waals surface area contributed by atoms with Gasteiger partial charge in [0.25, 0.3) is 11.8 Å². The van der Waals surface area contributed by atoms with E-state index in [1.165, 1.54) is 12.3 Å². The van der Waals surface area contributed by atoms with Crippen LogP contribution < -0.4 is 10.9 Å². The summed E-state index contributed by atoms with van der Waals surface area (Å²) in [7, 11) is 0. The minimum atomic E-state index is -0.768. The lowest BCUT2D eigenvalue weighted by molar-refractivity contribution is -0.385. The van der Waals surface area contributed by atoms with E-state index in [0.29, 0.717) is 10.9 Å². The minimum Gasteiger partial charge on any atom is -0.502 e. The molecule has 0 aliphatic carbocycles. The van der Waals surface area contributed by atoms with Crippen LogP contribution in [0.1, 0.15) is 20.7 Å². The average molecular weight is 340 g/mol. The number of H-pyrrole nitrogens is 1. The molecule has 0 bridgehead atoms. The first kappa shape index (κ1) is 16.0. The molecule has 9 heteroatoms. The number of carbonyl (C=O) groups is 2. The van der Waals surface area contributed by atoms with Gasteiger partial charge in [0.1, 0.15) is 0 Å². The van der Waals surface area contributed by atoms with Gasteiger partial charge in [0, 0.05) is 28.7 Å². The number of aromatic nitrogens is 1. The highest BCUT2D eigenvalue weighted by Crippen LogP contribution is 2.26. The molecule has 0 aliphatic rings. The lowest BCUT2D eigenvalue weighted by Gasteiger charge is -2.07. The number of aromatic amines is 1. The molecule has 9 nitrogen and oxygen atoms in total. The Morgan fingerprint density at radius 2 is 1.80 bits per heavy atom. The summed E-state index contributed by atoms with van der Waals surface area (Å²) in [5.41, 5.74) is 5.03. The van der Waals surface area contributed by atoms with Gasteiger partial charge < -0.3 is 10.1 Å². The Bertz CT molecular complexity index is 995. The summed E-state index contributed by atoms with van der Waals surface area (Å²) < 4.78 is 0. The summed E-state index contributed by atoms with van der Waals surface area (Å²) >= 11 is 0. The fourth-order valence-corrected chi connectivity index (χ4v) is 2.33. The van der Waals surface area contributed by atoms with Gasteiger partial charge in [-0.25, -0.2) is 0 Å². The van der Waals surface area contributed by atoms with Gasteiger partial charge in [-0.3, -0.25) is 30.6 Å². The first-order valence-corrected chi connectivity index (χ1v) is 7.11. The largest absolute Gasteiger partial charge is 0.502 e. The third-order valence-corrected chi connectivity index (χ3v) is 3.56. The number of benzene rings is 2. The second-order valence-electron chi connectivity index (χ2n) is 5.12. The maximum atomic E-state index is 12.2. The molecule has 1 heterocycles. The van der Waals surface area contributed by atoms with E-state index in [-0.39, 0.29) is 5.56 Å². The predicted octanol–water partition coefficient (Wildman–Crippen LogP) is 1.86. The van der Waals surface area contributed by atoms with Gasteiger partial charge in [-0.1, -0.05) is 18.2 Å². The summed E-state index contributed by atoms with van der Waals surface area (Å²) in [6.45, 7) is 0. The summed E-state index contributed by atoms with van der Waals surface area (Å²) in [5, 5.41) is 20.9. The van der Waals surface area contributed by atoms with Crippen molar-refractivity contribution in [2.75, 3.05) is 0 Å². The molecule has 1 aromatic heterocycles. The van der Waals surface area contributed by atoms with Crippen molar-refractivity contribution in [2.45, 2.75) is 0 Å². The molecule has 0 radical (unpaired) electrons. The van der Waals surface area contributed by atoms with Gasteiger partial charge in [0.05, 0.1) is 10.5 Å². The number of amides is 2. The van der Waals surface area contributed by atoms with Gasteiger partial charge in [0.15, 0.2) is 5.75 Å². The second kappa shape index (κ2) is 6.32. The number of hydrogen-bond acceptors (Lipinski definition) is 5. The molecule has 4 N–H and O–H groups in total. The molecule has 0 saturated heterocycles. The predicted molar refractivity (Wildman–Crippen MR) is 88.0 cm³/mol. The van der Waals surface area contributed by atoms with E-state index in [1.54, 1.807) is 12.1 Å². The van der Waals surface area contributed by atoms with Gasteiger partial charge >= 0.3 is 5.69 Å². The van der Waals surface area contributed by atoms with E-state index in [1.807, 2.05) is 12.1 Å². The Morgan fingerprint density at radius 1 is 1.08 bits per heavy atom. The number of para-hydroxylation sites is 1. The number of nitrogens with zero attached hydrogens (tertiary/aromatic N) is 1. The minimum absolute atomic E-state index is 0.0395. The SMILES string of the molecule is O=C(NNC(=O)c1c[nH]c2ccccc12)c1ccc([N+](=O)[O-])c(O)c1. The molecule has 0 spiro atoms. The first-order chi connectivity index (χ1) is 12.0. The summed E-state index contributed by atoms with van der Waals surface area (Å²) in [6, 6.07) is 10.3. The van der Waals surface area contributed by atoms with Crippen LogP contribution in [0, 0.1) is 10.1 Å². The van der Waals surface area contributed by atoms with Crippen molar-refractivity contribution < 1.29 is 19.6 Å². The fraction of sp³-hybridized carbons (Fsp3) is 0. The number of phenols is 1. The molecule has 0 unspecified atom stereocenters. The normalized spacial score (nSPS) is 10.4. The Morgan fingerprint density at radius 3 is 2.52 bits per heavy atom. The molecule has 25 heavy (non-hydrogen) atoms. The smallest absolute Gasteiger partial charge is 0.310 e. The van der Waals surface area contributed by atoms with E-state index in [0.717, 1.165) is 17.6 Å². The van der Waals surface area contributed by atoms with Crippen LogP contribution in [0.2, 0.25) is 0 Å². The van der Waals surface area contributed by atoms with E-state index < -0.39 is 28.2 Å². The maximum Gasteiger partial charge on any atom is 0.310 e. The molecule has 126 valence electrons. The van der Waals surface area contributed by atoms with Gasteiger partial charge in [-0.2, -0.15) is 0 Å². The Balaban J connectivity index is 1.71. The number of carbonyl (C=O) groups excluding carboxylic acids is 2. The van der Waals surface area contributed by atoms with Crippen LogP contribution >= 0.6 is 0 Å². The molecular weight excluding hydrogens is 328 g/mol. The lowest BCUT2D eigenvalue weighted by atomic mass is 10.1. The van der Waals surface area contributed by atoms with E-state index in [4.69, 9.17) is 0 Å². The van der Waals surface area contributed by atoms with E-state index in [9.17, 15) is 24.8 Å². The quantitative estimate of drug-likeness (QED) is 0.426. The Hall–Kier alpha value is -3.88. The van der Waals surface area contributed by atoms with Gasteiger partial charge in [-0.05, 0) is 18.2 Å². The van der Waals surface area contributed by atoms with Crippen molar-refractivity contribution in [3.8, 4) is 5.75 Å². The maximum absolute atomic E-state index is 12.2. The van der Waals surface area contributed by atoms with Crippen LogP contribution in [0.25, 0.3) is 10.9 Å². The monoisotopic (exact) mass is 340 g/mol. The number of fused-ring (bicyclic) bond motifs is 1. The molecule has 2 amide bonds. The highest BCUT2D eigenvalue weighted by atomic mass is 16.6. The molecule has 0 saturated carbocycles. The number of phenolic OH excluding ortho intramolecular Hbond substituents is 1. The van der Waals surface area contributed by atoms with Crippen molar-refractivity contribution >= 4 is 28.4 Å². The number of rotatable bonds is 3. The van der Waals surface area contributed by atoms with Gasteiger partial charge in [0.2, 0.25) is 0 Å². The topological polar surface area (TPSA) is 137 Å². The fourth-order valence-electron chi connectivity index (χ4n) is 2.33. The number of nitro groups is 1. The Kier molecular flexibility index (Phi) is 4.04. The van der Waals surface area contributed by atoms with Crippen LogP contribution in [0.15, 0.2) is 48.7 Å². The molecule has 0 aliphatic heterocycles. The van der Waals surface area contributed by atoms with Crippen molar-refractivity contribution in [1.82, 2.24) is 15.8 Å². The molecule has 0 atom stereocenters. The van der Waals surface area contributed by atoms with E-state index in [2.05, 4.69) is 15.8 Å². The number of hydrazine groups is 1. The summed E-state index contributed by atoms with van der Waals surface area (Å²) in [4.78, 5) is 37.0. The van der Waals surface area contributed by atoms with Crippen LogP contribution in [0.3, 0.4) is 0 Å². The van der Waals surface area contributed by atoms with Crippen LogP contribution in [0.4, 0.5) is 5.69 Å². The first-order valence-electron chi connectivity index (χ1n) is 7.11. The molecule has 3 aromatic rings. The number of nitrogens with one attached hydrogen (secondary N) is 3. The zero-order valence-electron chi connectivity index (χ0n) is 12.6. The number of hydrogen-bond donors (Lipinski definition) is 4. The zero-order chi connectivity index (χ0) is 18.0. The van der Waals surface area contributed by atoms with Crippen molar-refractivity contribution in [3.05, 3.63) is 69.9 Å². The Labute approximate surface area is 140 Å². The average Bonchev–Trinajstić information content (AvgIpc) is 3.03. The van der Waals surface area contributed by atoms with Crippen LogP contribution in [-0.2, 0) is 0 Å². The highest BCUT2D eigenvalue weighted by Gasteiger charge is 2.17. The number of aromatic hydroxyl groups is 1. The summed E-state index contributed by atoms with van der Waals surface area (Å²) in [5.74, 6) is -1.89. The van der Waals surface area contributed by atoms with Crippen molar-refractivity contribution in [2.24, 2.45) is 0 Å². The van der Waals surface area contributed by atoms with Crippen molar-refractivity contribution in [3.63, 3.8) is 0 Å². The molecule has 3 rings (SSSR count). The number of nitro benzene ring substituents is 1. The summed E-state index contributed by atoms with van der Waals surface area (Å²) in [6.07, 6.45) is 1.52. The molecule has 2 aromatic carbocycles. The lowest BCUT2D eigenvalue weighted by Crippen LogP contribution is -2.41. The van der Waals surface area contributed by atoms with Gasteiger partial charge in [-0.15, -0.1) is 0 Å².